The minimum absolute atomic E-state index is 0.0527. The number of hydrogen-bond donors (Lipinski definition) is 0. The van der Waals surface area contributed by atoms with Gasteiger partial charge in [0.1, 0.15) is 11.4 Å². The molecular weight excluding hydrogens is 464 g/mol. The monoisotopic (exact) mass is 493 g/mol. The number of amides is 2. The normalized spacial score (nSPS) is 19.6. The van der Waals surface area contributed by atoms with Gasteiger partial charge in [0.05, 0.1) is 10.0 Å². The van der Waals surface area contributed by atoms with E-state index in [1.54, 1.807) is 26.8 Å². The van der Waals surface area contributed by atoms with E-state index in [0.717, 1.165) is 10.9 Å². The van der Waals surface area contributed by atoms with Gasteiger partial charge in [0.2, 0.25) is 0 Å². The zero-order valence-electron chi connectivity index (χ0n) is 18.8. The topological polar surface area (TPSA) is 65.1 Å². The number of carbonyl (C=O) groups excluding carboxylic acids is 2. The van der Waals surface area contributed by atoms with Gasteiger partial charge in [-0.25, -0.2) is 14.1 Å². The fourth-order valence-electron chi connectivity index (χ4n) is 2.98. The summed E-state index contributed by atoms with van der Waals surface area (Å²) in [4.78, 5) is 25.6. The molecule has 1 aromatic rings. The van der Waals surface area contributed by atoms with Gasteiger partial charge in [0, 0.05) is 32.7 Å². The molecule has 1 aromatic carbocycles. The lowest BCUT2D eigenvalue weighted by Gasteiger charge is -2.23. The van der Waals surface area contributed by atoms with Crippen LogP contribution in [0.1, 0.15) is 32.3 Å². The fourth-order valence-corrected chi connectivity index (χ4v) is 4.20. The van der Waals surface area contributed by atoms with Gasteiger partial charge in [-0.05, 0) is 38.9 Å². The highest BCUT2D eigenvalue weighted by Crippen LogP contribution is 2.43. The summed E-state index contributed by atoms with van der Waals surface area (Å²) in [7, 11) is -1.24. The quantitative estimate of drug-likeness (QED) is 0.269. The van der Waals surface area contributed by atoms with Gasteiger partial charge in [-0.15, -0.1) is 0 Å². The number of nitrogens with zero attached hydrogens (tertiary/aromatic N) is 1. The first-order chi connectivity index (χ1) is 14.2. The zero-order valence-corrected chi connectivity index (χ0v) is 21.3. The van der Waals surface area contributed by atoms with Crippen LogP contribution in [0.15, 0.2) is 12.1 Å². The van der Waals surface area contributed by atoms with Crippen LogP contribution in [-0.4, -0.2) is 56.7 Å². The second-order valence-electron chi connectivity index (χ2n) is 9.69. The molecule has 2 unspecified atom stereocenters. The second-order valence-corrected chi connectivity index (χ2v) is 16.1. The van der Waals surface area contributed by atoms with E-state index in [1.165, 1.54) is 6.07 Å². The minimum atomic E-state index is -1.99. The van der Waals surface area contributed by atoms with Crippen molar-refractivity contribution in [2.24, 2.45) is 0 Å². The van der Waals surface area contributed by atoms with Crippen molar-refractivity contribution in [2.45, 2.75) is 64.1 Å². The number of likely N-dealkylation sites (tertiary alicyclic amines) is 1. The van der Waals surface area contributed by atoms with Gasteiger partial charge < -0.3 is 14.2 Å². The second kappa shape index (κ2) is 10.1. The third-order valence-electron chi connectivity index (χ3n) is 4.61. The summed E-state index contributed by atoms with van der Waals surface area (Å²) in [5.41, 5.74) is -0.592. The molecule has 2 rings (SSSR count). The summed E-state index contributed by atoms with van der Waals surface area (Å²) in [5.74, 6) is -1.76. The first-order valence-corrected chi connectivity index (χ1v) is 14.5. The Kier molecular flexibility index (Phi) is 8.41. The number of ether oxygens (including phenoxy) is 3. The lowest BCUT2D eigenvalue weighted by Crippen LogP contribution is -2.38. The Bertz CT molecular complexity index is 825. The van der Waals surface area contributed by atoms with Crippen molar-refractivity contribution in [1.82, 2.24) is 4.90 Å². The Morgan fingerprint density at radius 3 is 2.48 bits per heavy atom. The number of hydrogen-bond acceptors (Lipinski definition) is 5. The lowest BCUT2D eigenvalue weighted by molar-refractivity contribution is -0.131. The van der Waals surface area contributed by atoms with Crippen molar-refractivity contribution in [2.75, 3.05) is 19.9 Å². The molecule has 1 heterocycles. The maximum absolute atomic E-state index is 15.0. The van der Waals surface area contributed by atoms with Gasteiger partial charge in [0.15, 0.2) is 13.0 Å². The van der Waals surface area contributed by atoms with E-state index >= 15 is 0 Å². The third kappa shape index (κ3) is 7.07. The summed E-state index contributed by atoms with van der Waals surface area (Å²) in [5, 5.41) is 0.270. The van der Waals surface area contributed by atoms with Crippen LogP contribution in [0.3, 0.4) is 0 Å². The molecule has 0 spiro atoms. The summed E-state index contributed by atoms with van der Waals surface area (Å²) in [6, 6.07) is 4.05. The SMILES string of the molecule is CC(C)(C)OC(=O)N1CC(c2c(OCOCC[Si](C)(C)C)ccc(Cl)c2Cl)C(F)C1=O. The molecule has 0 N–H and O–H groups in total. The number of rotatable bonds is 7. The van der Waals surface area contributed by atoms with E-state index in [0.29, 0.717) is 6.61 Å². The Morgan fingerprint density at radius 2 is 1.90 bits per heavy atom. The van der Waals surface area contributed by atoms with Crippen LogP contribution >= 0.6 is 23.2 Å². The van der Waals surface area contributed by atoms with Gasteiger partial charge in [-0.3, -0.25) is 4.79 Å². The minimum Gasteiger partial charge on any atom is -0.467 e. The van der Waals surface area contributed by atoms with E-state index in [4.69, 9.17) is 37.4 Å². The smallest absolute Gasteiger partial charge is 0.417 e. The highest BCUT2D eigenvalue weighted by molar-refractivity contribution is 6.76. The van der Waals surface area contributed by atoms with Gasteiger partial charge in [-0.2, -0.15) is 0 Å². The van der Waals surface area contributed by atoms with Crippen molar-refractivity contribution < 1.29 is 28.2 Å². The van der Waals surface area contributed by atoms with Crippen molar-refractivity contribution in [3.05, 3.63) is 27.7 Å². The van der Waals surface area contributed by atoms with Crippen LogP contribution in [0.4, 0.5) is 9.18 Å². The highest BCUT2D eigenvalue weighted by atomic mass is 35.5. The summed E-state index contributed by atoms with van der Waals surface area (Å²) in [6.45, 7) is 12.0. The molecule has 10 heteroatoms. The van der Waals surface area contributed by atoms with Crippen LogP contribution in [0.25, 0.3) is 0 Å². The molecule has 1 fully saturated rings. The maximum atomic E-state index is 15.0. The molecule has 6 nitrogen and oxygen atoms in total. The van der Waals surface area contributed by atoms with Gasteiger partial charge >= 0.3 is 6.09 Å². The molecule has 174 valence electrons. The molecule has 31 heavy (non-hydrogen) atoms. The summed E-state index contributed by atoms with van der Waals surface area (Å²) >= 11 is 12.5. The largest absolute Gasteiger partial charge is 0.467 e. The standard InChI is InChI=1S/C21H30Cl2FNO5Si/c1-21(2,3)30-20(27)25-11-13(18(24)19(25)26)16-15(8-7-14(22)17(16)23)29-12-28-9-10-31(4,5)6/h7-8,13,18H,9-12H2,1-6H3. The predicted molar refractivity (Wildman–Crippen MR) is 122 cm³/mol. The van der Waals surface area contributed by atoms with Crippen molar-refractivity contribution in [3.8, 4) is 5.75 Å². The van der Waals surface area contributed by atoms with Crippen molar-refractivity contribution in [1.29, 1.82) is 0 Å². The highest BCUT2D eigenvalue weighted by Gasteiger charge is 2.47. The molecule has 0 aliphatic carbocycles. The molecule has 0 radical (unpaired) electrons. The van der Waals surface area contributed by atoms with Crippen LogP contribution in [0.2, 0.25) is 35.7 Å². The maximum Gasteiger partial charge on any atom is 0.417 e. The van der Waals surface area contributed by atoms with E-state index in [2.05, 4.69) is 19.6 Å². The summed E-state index contributed by atoms with van der Waals surface area (Å²) < 4.78 is 31.5. The third-order valence-corrected chi connectivity index (χ3v) is 7.13. The van der Waals surface area contributed by atoms with Crippen LogP contribution in [0, 0.1) is 0 Å². The average molecular weight is 494 g/mol. The van der Waals surface area contributed by atoms with Crippen molar-refractivity contribution in [3.63, 3.8) is 0 Å². The molecule has 0 aromatic heterocycles. The molecule has 0 bridgehead atoms. The van der Waals surface area contributed by atoms with E-state index < -0.39 is 37.8 Å². The van der Waals surface area contributed by atoms with Gasteiger partial charge in [-0.1, -0.05) is 42.8 Å². The molecule has 2 atom stereocenters. The molecule has 0 saturated carbocycles. The first-order valence-electron chi connectivity index (χ1n) is 10.1. The molecule has 1 aliphatic rings. The van der Waals surface area contributed by atoms with Crippen LogP contribution < -0.4 is 4.74 Å². The number of benzene rings is 1. The Hall–Kier alpha value is -1.35. The number of halogens is 3. The number of alkyl halides is 1. The Morgan fingerprint density at radius 1 is 1.26 bits per heavy atom. The number of carbonyl (C=O) groups is 2. The van der Waals surface area contributed by atoms with E-state index in [1.807, 2.05) is 0 Å². The predicted octanol–water partition coefficient (Wildman–Crippen LogP) is 5.88. The van der Waals surface area contributed by atoms with Crippen molar-refractivity contribution >= 4 is 43.3 Å². The number of imide groups is 1. The molecule has 2 amide bonds. The average Bonchev–Trinajstić information content (AvgIpc) is 2.91. The lowest BCUT2D eigenvalue weighted by atomic mass is 9.95. The van der Waals surface area contributed by atoms with Crippen LogP contribution in [-0.2, 0) is 14.3 Å². The molecular formula is C21H30Cl2FNO5Si. The van der Waals surface area contributed by atoms with E-state index in [9.17, 15) is 14.0 Å². The Labute approximate surface area is 193 Å². The first kappa shape index (κ1) is 25.9. The van der Waals surface area contributed by atoms with E-state index in [-0.39, 0.29) is 34.7 Å². The Balaban J connectivity index is 2.19. The zero-order chi connectivity index (χ0) is 23.6. The van der Waals surface area contributed by atoms with Gasteiger partial charge in [0.25, 0.3) is 5.91 Å². The van der Waals surface area contributed by atoms with Crippen LogP contribution in [0.5, 0.6) is 5.75 Å². The fraction of sp³-hybridized carbons (Fsp3) is 0.619. The summed E-state index contributed by atoms with van der Waals surface area (Å²) in [6.07, 6.45) is -2.89. The molecule has 1 saturated heterocycles. The molecule has 1 aliphatic heterocycles.